The first-order valence-electron chi connectivity index (χ1n) is 9.92. The fraction of sp³-hybridized carbons (Fsp3) is 0.0400. The molecule has 2 aromatic carbocycles. The average Bonchev–Trinajstić information content (AvgIpc) is 3.30. The van der Waals surface area contributed by atoms with Crippen LogP contribution >= 0.6 is 0 Å². The zero-order chi connectivity index (χ0) is 21.2. The van der Waals surface area contributed by atoms with E-state index in [4.69, 9.17) is 0 Å². The van der Waals surface area contributed by atoms with E-state index in [0.717, 1.165) is 28.1 Å². The molecule has 3 heterocycles. The van der Waals surface area contributed by atoms with E-state index < -0.39 is 0 Å². The van der Waals surface area contributed by atoms with Crippen molar-refractivity contribution >= 4 is 0 Å². The molecular weight excluding hydrogens is 386 g/mol. The number of benzene rings is 2. The fourth-order valence-corrected chi connectivity index (χ4v) is 3.61. The molecule has 0 spiro atoms. The molecule has 0 aliphatic heterocycles. The first kappa shape index (κ1) is 18.7. The van der Waals surface area contributed by atoms with Crippen molar-refractivity contribution < 1.29 is 0 Å². The minimum atomic E-state index is -0.153. The zero-order valence-corrected chi connectivity index (χ0v) is 16.9. The van der Waals surface area contributed by atoms with Crippen LogP contribution in [-0.4, -0.2) is 24.5 Å². The molecular formula is C25H19N5O. The number of para-hydroxylation sites is 1. The Bertz CT molecular complexity index is 1410. The summed E-state index contributed by atoms with van der Waals surface area (Å²) in [6, 6.07) is 23.2. The van der Waals surface area contributed by atoms with E-state index in [0.29, 0.717) is 11.4 Å². The molecule has 3 aromatic heterocycles. The van der Waals surface area contributed by atoms with Crippen LogP contribution in [0, 0.1) is 6.92 Å². The Hall–Kier alpha value is -4.32. The highest BCUT2D eigenvalue weighted by Crippen LogP contribution is 2.24. The lowest BCUT2D eigenvalue weighted by molar-refractivity contribution is 0.818. The smallest absolute Gasteiger partial charge is 0.209 e. The molecule has 6 nitrogen and oxygen atoms in total. The number of hydrogen-bond donors (Lipinski definition) is 0. The van der Waals surface area contributed by atoms with Gasteiger partial charge in [-0.1, -0.05) is 24.3 Å². The maximum atomic E-state index is 12.7. The van der Waals surface area contributed by atoms with Crippen LogP contribution in [0.4, 0.5) is 0 Å². The van der Waals surface area contributed by atoms with Gasteiger partial charge in [-0.15, -0.1) is 0 Å². The van der Waals surface area contributed by atoms with Gasteiger partial charge in [-0.05, 0) is 66.1 Å². The van der Waals surface area contributed by atoms with Gasteiger partial charge in [0.15, 0.2) is 5.69 Å². The maximum absolute atomic E-state index is 12.7. The summed E-state index contributed by atoms with van der Waals surface area (Å²) >= 11 is 0. The van der Waals surface area contributed by atoms with Crippen molar-refractivity contribution in [2.24, 2.45) is 0 Å². The third-order valence-corrected chi connectivity index (χ3v) is 5.15. The minimum absolute atomic E-state index is 0.153. The van der Waals surface area contributed by atoms with Crippen molar-refractivity contribution in [3.63, 3.8) is 0 Å². The molecule has 5 aromatic rings. The Kier molecular flexibility index (Phi) is 4.72. The Balaban J connectivity index is 1.58. The summed E-state index contributed by atoms with van der Waals surface area (Å²) < 4.78 is 3.47. The number of aromatic nitrogens is 5. The number of rotatable bonds is 4. The molecule has 31 heavy (non-hydrogen) atoms. The predicted octanol–water partition coefficient (Wildman–Crippen LogP) is 4.46. The van der Waals surface area contributed by atoms with E-state index in [1.807, 2.05) is 61.5 Å². The third-order valence-electron chi connectivity index (χ3n) is 5.15. The van der Waals surface area contributed by atoms with Crippen LogP contribution in [0.5, 0.6) is 0 Å². The number of nitrogens with zero attached hydrogens (tertiary/aromatic N) is 5. The van der Waals surface area contributed by atoms with Gasteiger partial charge in [-0.3, -0.25) is 9.78 Å². The molecule has 0 N–H and O–H groups in total. The number of hydrogen-bond acceptors (Lipinski definition) is 4. The third kappa shape index (κ3) is 3.55. The molecule has 0 saturated carbocycles. The Morgan fingerprint density at radius 2 is 1.61 bits per heavy atom. The zero-order valence-electron chi connectivity index (χ0n) is 16.9. The van der Waals surface area contributed by atoms with E-state index in [1.54, 1.807) is 46.3 Å². The standard InChI is InChI=1S/C25H19N5O/c1-18-17-20(19-9-13-26-14-10-19)7-8-22(18)29-16-12-24(31)25(28-29)23-11-15-27-30(23)21-5-3-2-4-6-21/h2-17H,1H3. The second-order valence-electron chi connectivity index (χ2n) is 7.17. The normalized spacial score (nSPS) is 10.9. The van der Waals surface area contributed by atoms with Gasteiger partial charge in [-0.2, -0.15) is 10.2 Å². The van der Waals surface area contributed by atoms with Gasteiger partial charge in [0.1, 0.15) is 0 Å². The van der Waals surface area contributed by atoms with Crippen LogP contribution in [0.1, 0.15) is 5.56 Å². The lowest BCUT2D eigenvalue weighted by Crippen LogP contribution is -2.15. The van der Waals surface area contributed by atoms with Gasteiger partial charge in [-0.25, -0.2) is 9.36 Å². The number of aryl methyl sites for hydroxylation is 1. The predicted molar refractivity (Wildman–Crippen MR) is 120 cm³/mol. The van der Waals surface area contributed by atoms with Gasteiger partial charge < -0.3 is 0 Å². The molecule has 0 aliphatic carbocycles. The Morgan fingerprint density at radius 3 is 2.39 bits per heavy atom. The minimum Gasteiger partial charge on any atom is -0.287 e. The summed E-state index contributed by atoms with van der Waals surface area (Å²) in [6.07, 6.45) is 6.94. The molecule has 0 atom stereocenters. The highest BCUT2D eigenvalue weighted by Gasteiger charge is 2.14. The molecule has 0 bridgehead atoms. The van der Waals surface area contributed by atoms with Crippen LogP contribution in [0.3, 0.4) is 0 Å². The lowest BCUT2D eigenvalue weighted by Gasteiger charge is -2.13. The van der Waals surface area contributed by atoms with E-state index in [-0.39, 0.29) is 5.43 Å². The highest BCUT2D eigenvalue weighted by molar-refractivity contribution is 5.66. The van der Waals surface area contributed by atoms with Crippen LogP contribution in [0.15, 0.2) is 102 Å². The second kappa shape index (κ2) is 7.84. The van der Waals surface area contributed by atoms with Crippen LogP contribution in [-0.2, 0) is 0 Å². The van der Waals surface area contributed by atoms with E-state index in [2.05, 4.69) is 21.2 Å². The maximum Gasteiger partial charge on any atom is 0.209 e. The quantitative estimate of drug-likeness (QED) is 0.443. The van der Waals surface area contributed by atoms with Gasteiger partial charge in [0, 0.05) is 24.7 Å². The largest absolute Gasteiger partial charge is 0.287 e. The van der Waals surface area contributed by atoms with Crippen LogP contribution < -0.4 is 5.43 Å². The molecule has 0 aliphatic rings. The average molecular weight is 405 g/mol. The summed E-state index contributed by atoms with van der Waals surface area (Å²) in [7, 11) is 0. The van der Waals surface area contributed by atoms with Crippen LogP contribution in [0.25, 0.3) is 33.9 Å². The van der Waals surface area contributed by atoms with Gasteiger partial charge in [0.25, 0.3) is 0 Å². The highest BCUT2D eigenvalue weighted by atomic mass is 16.1. The van der Waals surface area contributed by atoms with Crippen molar-refractivity contribution in [1.29, 1.82) is 0 Å². The molecule has 0 unspecified atom stereocenters. The Morgan fingerprint density at radius 1 is 0.806 bits per heavy atom. The van der Waals surface area contributed by atoms with E-state index >= 15 is 0 Å². The molecule has 150 valence electrons. The van der Waals surface area contributed by atoms with Gasteiger partial charge in [0.05, 0.1) is 23.3 Å². The van der Waals surface area contributed by atoms with E-state index in [9.17, 15) is 4.79 Å². The summed E-state index contributed by atoms with van der Waals surface area (Å²) in [6.45, 7) is 2.04. The Labute approximate surface area is 179 Å². The van der Waals surface area contributed by atoms with Gasteiger partial charge >= 0.3 is 0 Å². The molecule has 0 radical (unpaired) electrons. The molecule has 0 fully saturated rings. The summed E-state index contributed by atoms with van der Waals surface area (Å²) in [5.74, 6) is 0. The summed E-state index contributed by atoms with van der Waals surface area (Å²) in [5.41, 5.74) is 5.88. The first-order chi connectivity index (χ1) is 15.2. The SMILES string of the molecule is Cc1cc(-c2ccncc2)ccc1-n1ccc(=O)c(-c2ccnn2-c2ccccc2)n1. The monoisotopic (exact) mass is 405 g/mol. The first-order valence-corrected chi connectivity index (χ1v) is 9.92. The van der Waals surface area contributed by atoms with Crippen molar-refractivity contribution in [1.82, 2.24) is 24.5 Å². The van der Waals surface area contributed by atoms with Crippen molar-refractivity contribution in [2.45, 2.75) is 6.92 Å². The molecule has 5 rings (SSSR count). The van der Waals surface area contributed by atoms with Crippen molar-refractivity contribution in [3.05, 3.63) is 113 Å². The summed E-state index contributed by atoms with van der Waals surface area (Å²) in [5, 5.41) is 9.06. The van der Waals surface area contributed by atoms with Crippen LogP contribution in [0.2, 0.25) is 0 Å². The van der Waals surface area contributed by atoms with Crippen molar-refractivity contribution in [3.8, 4) is 33.9 Å². The van der Waals surface area contributed by atoms with Gasteiger partial charge in [0.2, 0.25) is 5.43 Å². The van der Waals surface area contributed by atoms with E-state index in [1.165, 1.54) is 0 Å². The summed E-state index contributed by atoms with van der Waals surface area (Å²) in [4.78, 5) is 16.8. The lowest BCUT2D eigenvalue weighted by atomic mass is 10.0. The van der Waals surface area contributed by atoms with Crippen molar-refractivity contribution in [2.75, 3.05) is 0 Å². The second-order valence-corrected chi connectivity index (χ2v) is 7.17. The molecule has 6 heteroatoms. The topological polar surface area (TPSA) is 65.6 Å². The molecule has 0 saturated heterocycles. The molecule has 0 amide bonds. The fourth-order valence-electron chi connectivity index (χ4n) is 3.61. The number of pyridine rings is 1.